The fraction of sp³-hybridized carbons (Fsp3) is 0.667. The highest BCUT2D eigenvalue weighted by atomic mass is 35.5. The average molecular weight is 136 g/mol. The molecule has 0 aromatic rings. The van der Waals surface area contributed by atoms with Gasteiger partial charge in [-0.2, -0.15) is 0 Å². The van der Waals surface area contributed by atoms with Gasteiger partial charge in [0, 0.05) is 6.54 Å². The summed E-state index contributed by atoms with van der Waals surface area (Å²) < 4.78 is 0. The Hall–Kier alpha value is -0.0100. The molecule has 0 aromatic heterocycles. The van der Waals surface area contributed by atoms with Crippen molar-refractivity contribution < 1.29 is 0 Å². The van der Waals surface area contributed by atoms with E-state index in [1.807, 2.05) is 0 Å². The highest BCUT2D eigenvalue weighted by molar-refractivity contribution is 5.85. The Kier molecular flexibility index (Phi) is 6.98. The van der Waals surface area contributed by atoms with E-state index in [1.54, 1.807) is 0 Å². The van der Waals surface area contributed by atoms with Gasteiger partial charge in [-0.15, -0.1) is 12.4 Å². The van der Waals surface area contributed by atoms with Crippen LogP contribution in [0.1, 0.15) is 13.8 Å². The van der Waals surface area contributed by atoms with Crippen molar-refractivity contribution in [2.45, 2.75) is 13.8 Å². The molecule has 0 atom stereocenters. The van der Waals surface area contributed by atoms with Crippen LogP contribution in [-0.4, -0.2) is 6.54 Å². The summed E-state index contributed by atoms with van der Waals surface area (Å²) in [5, 5.41) is 0. The van der Waals surface area contributed by atoms with Gasteiger partial charge in [-0.3, -0.25) is 0 Å². The number of halogens is 1. The summed E-state index contributed by atoms with van der Waals surface area (Å²) in [5.74, 6) is 0.546. The van der Waals surface area contributed by atoms with Gasteiger partial charge in [0.25, 0.3) is 0 Å². The normalized spacial score (nSPS) is 8.50. The standard InChI is InChI=1S/C6H13N.ClH/c1-5(2)6(3)4-7;/h5H,3-4,7H2,1-2H3;1H. The van der Waals surface area contributed by atoms with Crippen LogP contribution in [0.3, 0.4) is 0 Å². The molecule has 0 spiro atoms. The van der Waals surface area contributed by atoms with Gasteiger partial charge in [0.15, 0.2) is 0 Å². The Labute approximate surface area is 57.4 Å². The predicted molar refractivity (Wildman–Crippen MR) is 40.3 cm³/mol. The van der Waals surface area contributed by atoms with Crippen molar-refractivity contribution in [2.24, 2.45) is 11.7 Å². The molecular weight excluding hydrogens is 122 g/mol. The second-order valence-corrected chi connectivity index (χ2v) is 2.02. The molecule has 2 N–H and O–H groups in total. The third-order valence-corrected chi connectivity index (χ3v) is 1.08. The summed E-state index contributed by atoms with van der Waals surface area (Å²) in [6.45, 7) is 8.56. The minimum absolute atomic E-state index is 0. The lowest BCUT2D eigenvalue weighted by Gasteiger charge is -2.02. The number of rotatable bonds is 2. The van der Waals surface area contributed by atoms with Gasteiger partial charge in [-0.1, -0.05) is 26.0 Å². The maximum atomic E-state index is 5.27. The Morgan fingerprint density at radius 3 is 2.00 bits per heavy atom. The molecule has 0 aliphatic heterocycles. The smallest absolute Gasteiger partial charge is 0.0136 e. The molecule has 8 heavy (non-hydrogen) atoms. The minimum atomic E-state index is 0. The average Bonchev–Trinajstić information content (AvgIpc) is 1.65. The topological polar surface area (TPSA) is 26.0 Å². The molecule has 0 bridgehead atoms. The van der Waals surface area contributed by atoms with Crippen molar-refractivity contribution in [2.75, 3.05) is 6.54 Å². The minimum Gasteiger partial charge on any atom is -0.327 e. The van der Waals surface area contributed by atoms with E-state index in [0.717, 1.165) is 5.57 Å². The molecule has 0 aliphatic carbocycles. The van der Waals surface area contributed by atoms with E-state index in [-0.39, 0.29) is 12.4 Å². The fourth-order valence-electron chi connectivity index (χ4n) is 0.236. The zero-order valence-corrected chi connectivity index (χ0v) is 6.29. The van der Waals surface area contributed by atoms with Crippen molar-refractivity contribution in [3.8, 4) is 0 Å². The lowest BCUT2D eigenvalue weighted by atomic mass is 10.1. The van der Waals surface area contributed by atoms with Crippen LogP contribution < -0.4 is 5.73 Å². The van der Waals surface area contributed by atoms with E-state index in [9.17, 15) is 0 Å². The molecular formula is C6H14ClN. The van der Waals surface area contributed by atoms with Gasteiger partial charge in [-0.05, 0) is 5.92 Å². The van der Waals surface area contributed by atoms with Gasteiger partial charge in [0.2, 0.25) is 0 Å². The van der Waals surface area contributed by atoms with E-state index in [2.05, 4.69) is 20.4 Å². The Morgan fingerprint density at radius 1 is 1.62 bits per heavy atom. The molecule has 0 saturated heterocycles. The molecule has 1 nitrogen and oxygen atoms in total. The zero-order valence-electron chi connectivity index (χ0n) is 5.48. The first-order valence-corrected chi connectivity index (χ1v) is 2.56. The van der Waals surface area contributed by atoms with Crippen LogP contribution in [0, 0.1) is 5.92 Å². The van der Waals surface area contributed by atoms with Crippen molar-refractivity contribution in [1.29, 1.82) is 0 Å². The maximum Gasteiger partial charge on any atom is 0.0136 e. The highest BCUT2D eigenvalue weighted by Gasteiger charge is 1.93. The van der Waals surface area contributed by atoms with E-state index >= 15 is 0 Å². The van der Waals surface area contributed by atoms with Crippen molar-refractivity contribution >= 4 is 12.4 Å². The summed E-state index contributed by atoms with van der Waals surface area (Å²) in [4.78, 5) is 0. The van der Waals surface area contributed by atoms with E-state index < -0.39 is 0 Å². The molecule has 0 aliphatic rings. The molecule has 2 heteroatoms. The van der Waals surface area contributed by atoms with Crippen LogP contribution in [0.5, 0.6) is 0 Å². The van der Waals surface area contributed by atoms with Crippen molar-refractivity contribution in [3.63, 3.8) is 0 Å². The van der Waals surface area contributed by atoms with Gasteiger partial charge in [0.1, 0.15) is 0 Å². The molecule has 0 fully saturated rings. The van der Waals surface area contributed by atoms with E-state index in [1.165, 1.54) is 0 Å². The first-order chi connectivity index (χ1) is 3.18. The first kappa shape index (κ1) is 10.9. The Morgan fingerprint density at radius 2 is 2.00 bits per heavy atom. The molecule has 0 saturated carbocycles. The van der Waals surface area contributed by atoms with Gasteiger partial charge >= 0.3 is 0 Å². The number of nitrogens with two attached hydrogens (primary N) is 1. The van der Waals surface area contributed by atoms with E-state index in [4.69, 9.17) is 5.73 Å². The third kappa shape index (κ3) is 4.16. The van der Waals surface area contributed by atoms with E-state index in [0.29, 0.717) is 12.5 Å². The molecule has 0 rings (SSSR count). The van der Waals surface area contributed by atoms with Crippen LogP contribution >= 0.6 is 12.4 Å². The van der Waals surface area contributed by atoms with Gasteiger partial charge < -0.3 is 5.73 Å². The lowest BCUT2D eigenvalue weighted by Crippen LogP contribution is -2.06. The Bertz CT molecular complexity index is 68.9. The molecule has 0 radical (unpaired) electrons. The monoisotopic (exact) mass is 135 g/mol. The summed E-state index contributed by atoms with van der Waals surface area (Å²) in [6, 6.07) is 0. The summed E-state index contributed by atoms with van der Waals surface area (Å²) in [6.07, 6.45) is 0. The zero-order chi connectivity index (χ0) is 5.86. The lowest BCUT2D eigenvalue weighted by molar-refractivity contribution is 0.750. The quantitative estimate of drug-likeness (QED) is 0.572. The maximum absolute atomic E-state index is 5.27. The third-order valence-electron chi connectivity index (χ3n) is 1.08. The SMILES string of the molecule is C=C(CN)C(C)C.Cl. The second-order valence-electron chi connectivity index (χ2n) is 2.02. The summed E-state index contributed by atoms with van der Waals surface area (Å²) in [5.41, 5.74) is 6.40. The number of hydrogen-bond acceptors (Lipinski definition) is 1. The Balaban J connectivity index is 0. The molecule has 0 heterocycles. The van der Waals surface area contributed by atoms with Crippen LogP contribution in [0.25, 0.3) is 0 Å². The van der Waals surface area contributed by atoms with Gasteiger partial charge in [0.05, 0.1) is 0 Å². The van der Waals surface area contributed by atoms with Crippen LogP contribution in [0.4, 0.5) is 0 Å². The molecule has 50 valence electrons. The van der Waals surface area contributed by atoms with Crippen LogP contribution in [-0.2, 0) is 0 Å². The molecule has 0 unspecified atom stereocenters. The van der Waals surface area contributed by atoms with Crippen molar-refractivity contribution in [3.05, 3.63) is 12.2 Å². The number of hydrogen-bond donors (Lipinski definition) is 1. The summed E-state index contributed by atoms with van der Waals surface area (Å²) >= 11 is 0. The first-order valence-electron chi connectivity index (χ1n) is 2.56. The van der Waals surface area contributed by atoms with Crippen LogP contribution in [0.2, 0.25) is 0 Å². The van der Waals surface area contributed by atoms with Gasteiger partial charge in [-0.25, -0.2) is 0 Å². The van der Waals surface area contributed by atoms with Crippen molar-refractivity contribution in [1.82, 2.24) is 0 Å². The van der Waals surface area contributed by atoms with Crippen LogP contribution in [0.15, 0.2) is 12.2 Å². The summed E-state index contributed by atoms with van der Waals surface area (Å²) in [7, 11) is 0. The largest absolute Gasteiger partial charge is 0.327 e. The predicted octanol–water partition coefficient (Wildman–Crippen LogP) is 1.58. The molecule has 0 aromatic carbocycles. The highest BCUT2D eigenvalue weighted by Crippen LogP contribution is 2.02. The second kappa shape index (κ2) is 5.13. The fourth-order valence-corrected chi connectivity index (χ4v) is 0.236. The molecule has 0 amide bonds.